The van der Waals surface area contributed by atoms with Crippen LogP contribution < -0.4 is 4.90 Å². The zero-order chi connectivity index (χ0) is 12.4. The third-order valence-corrected chi connectivity index (χ3v) is 3.10. The van der Waals surface area contributed by atoms with Crippen molar-refractivity contribution in [2.75, 3.05) is 18.1 Å². The number of hydrogen-bond donors (Lipinski definition) is 1. The predicted molar refractivity (Wildman–Crippen MR) is 61.9 cm³/mol. The molecular formula is C10H16N4O3. The first-order valence-corrected chi connectivity index (χ1v) is 5.69. The van der Waals surface area contributed by atoms with Gasteiger partial charge in [0.25, 0.3) is 0 Å². The Kier molecular flexibility index (Phi) is 3.28. The topological polar surface area (TPSA) is 84.4 Å². The fourth-order valence-corrected chi connectivity index (χ4v) is 2.27. The van der Waals surface area contributed by atoms with Gasteiger partial charge in [-0.2, -0.15) is 0 Å². The molecule has 1 aliphatic rings. The van der Waals surface area contributed by atoms with Crippen LogP contribution in [-0.2, 0) is 7.05 Å². The predicted octanol–water partition coefficient (Wildman–Crippen LogP) is 0.679. The number of nitrogens with zero attached hydrogens (tertiary/aromatic N) is 4. The van der Waals surface area contributed by atoms with E-state index in [0.29, 0.717) is 12.4 Å². The fourth-order valence-electron chi connectivity index (χ4n) is 2.27. The summed E-state index contributed by atoms with van der Waals surface area (Å²) >= 11 is 0. The Hall–Kier alpha value is -1.63. The average molecular weight is 240 g/mol. The van der Waals surface area contributed by atoms with E-state index in [0.717, 1.165) is 19.3 Å². The monoisotopic (exact) mass is 240 g/mol. The molecule has 1 aliphatic heterocycles. The highest BCUT2D eigenvalue weighted by Gasteiger charge is 2.30. The molecule has 0 aliphatic carbocycles. The number of rotatable bonds is 3. The Morgan fingerprint density at radius 3 is 3.06 bits per heavy atom. The number of aliphatic hydroxyl groups excluding tert-OH is 1. The molecule has 7 nitrogen and oxygen atoms in total. The van der Waals surface area contributed by atoms with Gasteiger partial charge in [-0.15, -0.1) is 5.10 Å². The SMILES string of the molecule is Cn1cc([N+](=O)[O-])c(N2CCCCC2CO)n1. The summed E-state index contributed by atoms with van der Waals surface area (Å²) in [7, 11) is 1.66. The molecule has 17 heavy (non-hydrogen) atoms. The third-order valence-electron chi connectivity index (χ3n) is 3.10. The molecule has 1 atom stereocenters. The normalized spacial score (nSPS) is 20.6. The minimum atomic E-state index is -0.425. The second kappa shape index (κ2) is 4.70. The van der Waals surface area contributed by atoms with E-state index in [9.17, 15) is 15.2 Å². The van der Waals surface area contributed by atoms with Gasteiger partial charge in [0.15, 0.2) is 0 Å². The number of anilines is 1. The molecule has 0 radical (unpaired) electrons. The maximum Gasteiger partial charge on any atom is 0.330 e. The number of aryl methyl sites for hydroxylation is 1. The van der Waals surface area contributed by atoms with Crippen molar-refractivity contribution in [1.29, 1.82) is 0 Å². The van der Waals surface area contributed by atoms with Crippen molar-refractivity contribution in [2.24, 2.45) is 7.05 Å². The molecule has 0 saturated carbocycles. The van der Waals surface area contributed by atoms with Gasteiger partial charge in [-0.25, -0.2) is 0 Å². The van der Waals surface area contributed by atoms with Gasteiger partial charge in [0.05, 0.1) is 17.6 Å². The molecule has 0 spiro atoms. The Labute approximate surface area is 98.8 Å². The Balaban J connectivity index is 2.34. The maximum atomic E-state index is 10.9. The highest BCUT2D eigenvalue weighted by atomic mass is 16.6. The van der Waals surface area contributed by atoms with Crippen LogP contribution in [0.1, 0.15) is 19.3 Å². The van der Waals surface area contributed by atoms with Crippen molar-refractivity contribution in [2.45, 2.75) is 25.3 Å². The summed E-state index contributed by atoms with van der Waals surface area (Å²) in [4.78, 5) is 12.4. The minimum Gasteiger partial charge on any atom is -0.394 e. The first-order chi connectivity index (χ1) is 8.13. The second-order valence-corrected chi connectivity index (χ2v) is 4.29. The number of aromatic nitrogens is 2. The Morgan fingerprint density at radius 1 is 1.65 bits per heavy atom. The summed E-state index contributed by atoms with van der Waals surface area (Å²) in [6.45, 7) is 0.719. The van der Waals surface area contributed by atoms with Crippen molar-refractivity contribution >= 4 is 11.5 Å². The molecule has 1 aromatic heterocycles. The lowest BCUT2D eigenvalue weighted by molar-refractivity contribution is -0.384. The van der Waals surface area contributed by atoms with Gasteiger partial charge in [-0.3, -0.25) is 14.8 Å². The summed E-state index contributed by atoms with van der Waals surface area (Å²) in [5, 5.41) is 24.4. The third kappa shape index (κ3) is 2.23. The van der Waals surface area contributed by atoms with Gasteiger partial charge >= 0.3 is 5.69 Å². The molecule has 0 amide bonds. The molecule has 1 saturated heterocycles. The standard InChI is InChI=1S/C10H16N4O3/c1-12-6-9(14(16)17)10(11-12)13-5-3-2-4-8(13)7-15/h6,8,15H,2-5,7H2,1H3. The first kappa shape index (κ1) is 11.8. The lowest BCUT2D eigenvalue weighted by Crippen LogP contribution is -2.42. The smallest absolute Gasteiger partial charge is 0.330 e. The van der Waals surface area contributed by atoms with Crippen molar-refractivity contribution in [3.05, 3.63) is 16.3 Å². The van der Waals surface area contributed by atoms with Gasteiger partial charge in [-0.1, -0.05) is 0 Å². The molecule has 1 aromatic rings. The largest absolute Gasteiger partial charge is 0.394 e. The molecule has 2 rings (SSSR count). The van der Waals surface area contributed by atoms with Crippen LogP contribution >= 0.6 is 0 Å². The highest BCUT2D eigenvalue weighted by molar-refractivity contribution is 5.57. The van der Waals surface area contributed by atoms with E-state index in [1.54, 1.807) is 7.05 Å². The van der Waals surface area contributed by atoms with Gasteiger partial charge in [0.2, 0.25) is 5.82 Å². The van der Waals surface area contributed by atoms with E-state index in [4.69, 9.17) is 0 Å². The summed E-state index contributed by atoms with van der Waals surface area (Å²) in [5.41, 5.74) is 0.00727. The molecule has 0 aromatic carbocycles. The lowest BCUT2D eigenvalue weighted by Gasteiger charge is -2.34. The van der Waals surface area contributed by atoms with E-state index in [-0.39, 0.29) is 18.3 Å². The van der Waals surface area contributed by atoms with Gasteiger partial charge in [0.1, 0.15) is 6.20 Å². The molecule has 7 heteroatoms. The Morgan fingerprint density at radius 2 is 2.41 bits per heavy atom. The van der Waals surface area contributed by atoms with Gasteiger partial charge in [-0.05, 0) is 19.3 Å². The van der Waals surface area contributed by atoms with E-state index in [1.807, 2.05) is 4.90 Å². The second-order valence-electron chi connectivity index (χ2n) is 4.29. The fraction of sp³-hybridized carbons (Fsp3) is 0.700. The highest BCUT2D eigenvalue weighted by Crippen LogP contribution is 2.30. The molecule has 2 heterocycles. The number of piperidine rings is 1. The quantitative estimate of drug-likeness (QED) is 0.620. The maximum absolute atomic E-state index is 10.9. The number of hydrogen-bond acceptors (Lipinski definition) is 5. The summed E-state index contributed by atoms with van der Waals surface area (Å²) in [5.74, 6) is 0.372. The molecule has 1 fully saturated rings. The van der Waals surface area contributed by atoms with Crippen molar-refractivity contribution in [1.82, 2.24) is 9.78 Å². The van der Waals surface area contributed by atoms with Crippen LogP contribution in [-0.4, -0.2) is 39.0 Å². The molecule has 0 bridgehead atoms. The molecular weight excluding hydrogens is 224 g/mol. The molecule has 1 unspecified atom stereocenters. The molecule has 1 N–H and O–H groups in total. The van der Waals surface area contributed by atoms with Crippen LogP contribution in [0.15, 0.2) is 6.20 Å². The van der Waals surface area contributed by atoms with Crippen molar-refractivity contribution in [3.8, 4) is 0 Å². The van der Waals surface area contributed by atoms with E-state index in [1.165, 1.54) is 10.9 Å². The average Bonchev–Trinajstić information content (AvgIpc) is 2.71. The van der Waals surface area contributed by atoms with E-state index >= 15 is 0 Å². The summed E-state index contributed by atoms with van der Waals surface area (Å²) < 4.78 is 1.44. The van der Waals surface area contributed by atoms with Crippen LogP contribution in [0, 0.1) is 10.1 Å². The van der Waals surface area contributed by atoms with Gasteiger partial charge in [0, 0.05) is 13.6 Å². The lowest BCUT2D eigenvalue weighted by atomic mass is 10.0. The van der Waals surface area contributed by atoms with Crippen LogP contribution in [0.4, 0.5) is 11.5 Å². The van der Waals surface area contributed by atoms with Gasteiger partial charge < -0.3 is 10.0 Å². The van der Waals surface area contributed by atoms with E-state index < -0.39 is 4.92 Å². The zero-order valence-corrected chi connectivity index (χ0v) is 9.74. The summed E-state index contributed by atoms with van der Waals surface area (Å²) in [6.07, 6.45) is 4.27. The summed E-state index contributed by atoms with van der Waals surface area (Å²) in [6, 6.07) is -0.0580. The van der Waals surface area contributed by atoms with Crippen LogP contribution in [0.2, 0.25) is 0 Å². The van der Waals surface area contributed by atoms with E-state index in [2.05, 4.69) is 5.10 Å². The minimum absolute atomic E-state index is 0.00727. The van der Waals surface area contributed by atoms with Crippen LogP contribution in [0.3, 0.4) is 0 Å². The van der Waals surface area contributed by atoms with Crippen molar-refractivity contribution in [3.63, 3.8) is 0 Å². The number of nitro groups is 1. The van der Waals surface area contributed by atoms with Crippen LogP contribution in [0.5, 0.6) is 0 Å². The molecule has 94 valence electrons. The van der Waals surface area contributed by atoms with Crippen LogP contribution in [0.25, 0.3) is 0 Å². The first-order valence-electron chi connectivity index (χ1n) is 5.69. The Bertz CT molecular complexity index is 418. The number of aliphatic hydroxyl groups is 1. The van der Waals surface area contributed by atoms with Crippen molar-refractivity contribution < 1.29 is 10.0 Å². The zero-order valence-electron chi connectivity index (χ0n) is 9.74.